The van der Waals surface area contributed by atoms with Gasteiger partial charge in [-0.15, -0.1) is 0 Å². The molecule has 3 aromatic rings. The van der Waals surface area contributed by atoms with Gasteiger partial charge in [-0.1, -0.05) is 35.4 Å². The van der Waals surface area contributed by atoms with Gasteiger partial charge in [-0.2, -0.15) is 28.6 Å². The molecule has 0 spiro atoms. The fraction of sp³-hybridized carbons (Fsp3) is 0.425. The number of alkyl halides is 5. The van der Waals surface area contributed by atoms with E-state index in [1.165, 1.54) is 57.2 Å². The van der Waals surface area contributed by atoms with Crippen LogP contribution in [0.15, 0.2) is 48.5 Å². The van der Waals surface area contributed by atoms with Gasteiger partial charge in [0.1, 0.15) is 0 Å². The molecule has 3 N–H and O–H groups in total. The molecular formula is C40H51F5N2O7Ru+. The summed E-state index contributed by atoms with van der Waals surface area (Å²) < 4.78 is 67.3. The number of carbonyl (C=O) groups is 3. The van der Waals surface area contributed by atoms with Crippen molar-refractivity contribution in [1.29, 1.82) is 0 Å². The molecule has 1 heterocycles. The molecule has 305 valence electrons. The summed E-state index contributed by atoms with van der Waals surface area (Å²) in [4.78, 5) is 34.2. The molecular weight excluding hydrogens is 817 g/mol. The van der Waals surface area contributed by atoms with E-state index in [4.69, 9.17) is 15.0 Å². The molecule has 1 saturated heterocycles. The second-order valence-electron chi connectivity index (χ2n) is 13.0. The van der Waals surface area contributed by atoms with Crippen LogP contribution in [-0.2, 0) is 37.0 Å². The van der Waals surface area contributed by atoms with Crippen molar-refractivity contribution in [3.05, 3.63) is 94.1 Å². The number of hydrogen-bond acceptors (Lipinski definition) is 6. The quantitative estimate of drug-likeness (QED) is 0.0684. The number of aromatic hydroxyl groups is 1. The van der Waals surface area contributed by atoms with Crippen LogP contribution in [0.2, 0.25) is 0 Å². The number of carboxylic acids is 2. The molecule has 0 amide bonds. The van der Waals surface area contributed by atoms with Gasteiger partial charge in [0.05, 0.1) is 13.0 Å². The number of halogens is 5. The van der Waals surface area contributed by atoms with Crippen LogP contribution in [0, 0.1) is 48.2 Å². The number of aliphatic carboxylic acids is 2. The Morgan fingerprint density at radius 1 is 0.836 bits per heavy atom. The van der Waals surface area contributed by atoms with Crippen LogP contribution < -0.4 is 9.80 Å². The Kier molecular flexibility index (Phi) is 19.7. The second kappa shape index (κ2) is 22.2. The number of para-hydroxylation sites is 1. The minimum absolute atomic E-state index is 0.0947. The molecule has 9 nitrogen and oxygen atoms in total. The molecule has 1 aliphatic heterocycles. The van der Waals surface area contributed by atoms with E-state index in [1.807, 2.05) is 22.8 Å². The molecule has 15 heteroatoms. The van der Waals surface area contributed by atoms with Crippen molar-refractivity contribution in [3.8, 4) is 5.75 Å². The summed E-state index contributed by atoms with van der Waals surface area (Å²) in [5.41, 5.74) is 12.0. The van der Waals surface area contributed by atoms with Gasteiger partial charge in [0.15, 0.2) is 0 Å². The van der Waals surface area contributed by atoms with Crippen LogP contribution in [0.5, 0.6) is 5.75 Å². The maximum absolute atomic E-state index is 12.3. The standard InChI is InChI=1S/C21H27N2.C10H12O.C7H10F2O4.C2HF3O2.Ru/c1-14-9-16(3)20(17(4)10-14)22-7-8-23(13-22)21-18(5)11-15(2)12-19(21)6;1-8(2)11-10-7-5-4-6-9(10)3;1-2-13-5(10)3-4-7(8,9)6(11)12;3-2(4,5)1(6)7;/h9-13H,7-8H2,1-6H3;3-8H,1-2H3;2-4H2,1H3,(H,11,12);(H,6,7);/q-1;;;;+1/p+1. The summed E-state index contributed by atoms with van der Waals surface area (Å²) in [6.45, 7) is 23.4. The summed E-state index contributed by atoms with van der Waals surface area (Å²) in [6.07, 6.45) is -6.34. The molecule has 4 rings (SSSR count). The van der Waals surface area contributed by atoms with Crippen molar-refractivity contribution >= 4 is 33.9 Å². The fourth-order valence-corrected chi connectivity index (χ4v) is 6.08. The first-order valence-corrected chi connectivity index (χ1v) is 18.3. The van der Waals surface area contributed by atoms with E-state index < -0.39 is 42.8 Å². The molecule has 0 radical (unpaired) electrons. The number of aliphatic hydroxyl groups is 1. The normalized spacial score (nSPS) is 12.3. The maximum Gasteiger partial charge on any atom is 0.490 e. The SMILES string of the molecule is CC(C)[OH+]c1ccccc1[CH]=[Ru+].CCOC(=O)CCC(F)(F)C(=O)O.Cc1cc(C)c(N2[CH-]N(c3c(C)cc(C)cc3C)CC2)c(C)c1.O=C(O)C(F)(F)F. The summed E-state index contributed by atoms with van der Waals surface area (Å²) in [5.74, 6) is -8.58. The fourth-order valence-electron chi connectivity index (χ4n) is 5.66. The third kappa shape index (κ3) is 16.5. The second-order valence-corrected chi connectivity index (χ2v) is 13.5. The van der Waals surface area contributed by atoms with E-state index in [0.717, 1.165) is 18.8 Å². The van der Waals surface area contributed by atoms with Gasteiger partial charge >= 0.3 is 113 Å². The molecule has 0 aliphatic carbocycles. The van der Waals surface area contributed by atoms with Crippen molar-refractivity contribution in [2.75, 3.05) is 29.5 Å². The van der Waals surface area contributed by atoms with Gasteiger partial charge in [0.25, 0.3) is 0 Å². The zero-order chi connectivity index (χ0) is 42.3. The van der Waals surface area contributed by atoms with Crippen LogP contribution in [0.1, 0.15) is 72.6 Å². The minimum atomic E-state index is -5.08. The van der Waals surface area contributed by atoms with Gasteiger partial charge in [0, 0.05) is 30.9 Å². The first-order valence-electron chi connectivity index (χ1n) is 17.3. The number of rotatable bonds is 10. The number of benzene rings is 3. The molecule has 0 bridgehead atoms. The number of hydrogen-bond donors (Lipinski definition) is 2. The van der Waals surface area contributed by atoms with E-state index in [1.54, 1.807) is 0 Å². The summed E-state index contributed by atoms with van der Waals surface area (Å²) >= 11 is 2.51. The number of ether oxygens (including phenoxy) is 2. The van der Waals surface area contributed by atoms with E-state index in [9.17, 15) is 31.5 Å². The Morgan fingerprint density at radius 3 is 1.60 bits per heavy atom. The summed E-state index contributed by atoms with van der Waals surface area (Å²) in [6, 6.07) is 17.3. The van der Waals surface area contributed by atoms with Crippen LogP contribution in [0.3, 0.4) is 0 Å². The van der Waals surface area contributed by atoms with Crippen molar-refractivity contribution < 1.29 is 73.9 Å². The van der Waals surface area contributed by atoms with Crippen molar-refractivity contribution in [2.45, 2.75) is 93.4 Å². The molecule has 0 aromatic heterocycles. The predicted octanol–water partition coefficient (Wildman–Crippen LogP) is 8.70. The first-order chi connectivity index (χ1) is 25.4. The van der Waals surface area contributed by atoms with Gasteiger partial charge in [0.2, 0.25) is 0 Å². The third-order valence-electron chi connectivity index (χ3n) is 7.65. The molecule has 55 heavy (non-hydrogen) atoms. The Morgan fingerprint density at radius 2 is 1.25 bits per heavy atom. The van der Waals surface area contributed by atoms with Gasteiger partial charge in [-0.25, -0.2) is 9.59 Å². The van der Waals surface area contributed by atoms with Crippen molar-refractivity contribution in [2.24, 2.45) is 0 Å². The summed E-state index contributed by atoms with van der Waals surface area (Å²) in [5, 5.41) is 15.1. The summed E-state index contributed by atoms with van der Waals surface area (Å²) in [7, 11) is 0. The third-order valence-corrected chi connectivity index (χ3v) is 8.19. The Labute approximate surface area is 329 Å². The number of esters is 1. The van der Waals surface area contributed by atoms with Gasteiger partial charge < -0.3 is 24.7 Å². The minimum Gasteiger partial charge on any atom is -0.502 e. The first kappa shape index (κ1) is 48.6. The van der Waals surface area contributed by atoms with E-state index in [-0.39, 0.29) is 6.61 Å². The van der Waals surface area contributed by atoms with Crippen molar-refractivity contribution in [1.82, 2.24) is 0 Å². The number of anilines is 2. The number of carbonyl (C=O) groups excluding carboxylic acids is 1. The van der Waals surface area contributed by atoms with Crippen LogP contribution in [0.4, 0.5) is 33.3 Å². The Balaban J connectivity index is 0.000000405. The largest absolute Gasteiger partial charge is 0.502 e. The molecule has 0 atom stereocenters. The number of aryl methyl sites for hydroxylation is 6. The molecule has 3 aromatic carbocycles. The van der Waals surface area contributed by atoms with Crippen LogP contribution >= 0.6 is 0 Å². The van der Waals surface area contributed by atoms with E-state index in [2.05, 4.69) is 130 Å². The van der Waals surface area contributed by atoms with Gasteiger partial charge in [-0.3, -0.25) is 4.79 Å². The number of carboxylic acid groups (broad SMARTS) is 2. The predicted molar refractivity (Wildman–Crippen MR) is 201 cm³/mol. The Hall–Kier alpha value is -4.39. The zero-order valence-electron chi connectivity index (χ0n) is 32.5. The molecule has 1 aliphatic rings. The molecule has 0 unspecified atom stereocenters. The Bertz CT molecular complexity index is 1660. The monoisotopic (exact) mass is 868 g/mol. The van der Waals surface area contributed by atoms with Crippen molar-refractivity contribution in [3.63, 3.8) is 0 Å². The van der Waals surface area contributed by atoms with E-state index >= 15 is 0 Å². The maximum atomic E-state index is 12.3. The van der Waals surface area contributed by atoms with E-state index in [0.29, 0.717) is 6.10 Å². The average molecular weight is 868 g/mol. The van der Waals surface area contributed by atoms with Gasteiger partial charge in [-0.05, 0) is 70.7 Å². The van der Waals surface area contributed by atoms with Crippen LogP contribution in [-0.4, -0.2) is 75.4 Å². The van der Waals surface area contributed by atoms with Crippen LogP contribution in [0.25, 0.3) is 0 Å². The zero-order valence-corrected chi connectivity index (χ0v) is 34.2. The molecule has 0 saturated carbocycles. The number of nitrogens with zero attached hydrogens (tertiary/aromatic N) is 2. The topological polar surface area (TPSA) is 120 Å². The molecule has 1 fully saturated rings. The average Bonchev–Trinajstić information content (AvgIpc) is 3.52. The smallest absolute Gasteiger partial charge is 0.490 e.